The molecule has 1 aliphatic heterocycles. The molecule has 2 aliphatic rings. The first-order valence-corrected chi connectivity index (χ1v) is 15.7. The molecule has 3 atom stereocenters. The van der Waals surface area contributed by atoms with Crippen LogP contribution in [0.1, 0.15) is 113 Å². The number of nitrogens with one attached hydrogen (secondary N) is 4. The van der Waals surface area contributed by atoms with E-state index in [1.807, 2.05) is 18.7 Å². The van der Waals surface area contributed by atoms with Gasteiger partial charge in [-0.1, -0.05) is 66.4 Å². The standard InChI is InChI=1S/C16H29N3O2.C8H11NO2.C4H7NO.C3H8.C2H6/c1-12-8-7-11-19(12)14(20)13(18-15(21)17-3)16(2)9-5-4-6-10-16;1-3-4-5-8(7(2)11)9-6-10;1-2-3-5-4-6;1-3-2;1-2/h12-13H,4-11H2,1-3H3,(H2,17,18,21);1,6,8H,4-5H2,2H3,(H,9,10);2,4H,1,3H2,(H,5,6);3H2,1-2H3;1-2H3. The number of ketones is 1. The van der Waals surface area contributed by atoms with E-state index in [9.17, 15) is 24.0 Å². The summed E-state index contributed by atoms with van der Waals surface area (Å²) in [6.07, 6.45) is 17.7. The van der Waals surface area contributed by atoms with Gasteiger partial charge in [-0.2, -0.15) is 0 Å². The molecule has 0 radical (unpaired) electrons. The monoisotopic (exact) mass is 607 g/mol. The third-order valence-corrected chi connectivity index (χ3v) is 6.96. The molecular formula is C33H61N5O5. The highest BCUT2D eigenvalue weighted by Crippen LogP contribution is 2.40. The Kier molecular flexibility index (Phi) is 29.5. The fourth-order valence-electron chi connectivity index (χ4n) is 4.66. The Morgan fingerprint density at radius 1 is 1.09 bits per heavy atom. The molecule has 3 unspecified atom stereocenters. The average molecular weight is 608 g/mol. The number of Topliss-reactive ketones (excluding diaryl/α,β-unsaturated/α-hetero) is 1. The molecule has 0 aromatic carbocycles. The summed E-state index contributed by atoms with van der Waals surface area (Å²) in [5, 5.41) is 10.3. The van der Waals surface area contributed by atoms with Crippen molar-refractivity contribution in [2.24, 2.45) is 5.41 Å². The zero-order chi connectivity index (χ0) is 33.7. The van der Waals surface area contributed by atoms with Gasteiger partial charge in [0.1, 0.15) is 6.04 Å². The number of terminal acetylenes is 1. The Hall–Kier alpha value is -3.35. The van der Waals surface area contributed by atoms with Gasteiger partial charge < -0.3 is 26.2 Å². The van der Waals surface area contributed by atoms with Crippen molar-refractivity contribution < 1.29 is 24.0 Å². The minimum absolute atomic E-state index is 0.0626. The summed E-state index contributed by atoms with van der Waals surface area (Å²) >= 11 is 0. The molecule has 2 rings (SSSR count). The third kappa shape index (κ3) is 20.2. The van der Waals surface area contributed by atoms with Crippen LogP contribution < -0.4 is 21.3 Å². The van der Waals surface area contributed by atoms with E-state index in [-0.39, 0.29) is 23.1 Å². The molecule has 0 aromatic rings. The van der Waals surface area contributed by atoms with Gasteiger partial charge in [-0.25, -0.2) is 4.79 Å². The molecule has 4 N–H and O–H groups in total. The Labute approximate surface area is 262 Å². The first-order chi connectivity index (χ1) is 20.5. The molecule has 10 heteroatoms. The first kappa shape index (κ1) is 44.1. The minimum Gasteiger partial charge on any atom is -0.355 e. The maximum Gasteiger partial charge on any atom is 0.315 e. The van der Waals surface area contributed by atoms with Crippen LogP contribution in [0.5, 0.6) is 0 Å². The number of nitrogens with zero attached hydrogens (tertiary/aromatic N) is 1. The Bertz CT molecular complexity index is 813. The normalized spacial score (nSPS) is 17.2. The molecule has 0 aromatic heterocycles. The SMILES string of the molecule is C#CCCC(NC=O)C(C)=O.C=CCNC=O.CC.CCC.CNC(=O)NC(C(=O)N1CCCC1C)C1(C)CCCCC1. The van der Waals surface area contributed by atoms with Crippen molar-refractivity contribution in [2.45, 2.75) is 131 Å². The van der Waals surface area contributed by atoms with Gasteiger partial charge in [0.25, 0.3) is 0 Å². The summed E-state index contributed by atoms with van der Waals surface area (Å²) in [5.41, 5.74) is -0.121. The zero-order valence-electron chi connectivity index (χ0n) is 28.2. The van der Waals surface area contributed by atoms with Crippen molar-refractivity contribution in [1.29, 1.82) is 0 Å². The number of carbonyl (C=O) groups is 5. The van der Waals surface area contributed by atoms with Gasteiger partial charge in [0.05, 0.1) is 6.04 Å². The highest BCUT2D eigenvalue weighted by atomic mass is 16.2. The second kappa shape index (κ2) is 28.8. The number of hydrogen-bond donors (Lipinski definition) is 4. The molecule has 1 saturated carbocycles. The lowest BCUT2D eigenvalue weighted by molar-refractivity contribution is -0.137. The van der Waals surface area contributed by atoms with E-state index < -0.39 is 12.1 Å². The van der Waals surface area contributed by atoms with Crippen molar-refractivity contribution in [3.63, 3.8) is 0 Å². The average Bonchev–Trinajstić information content (AvgIpc) is 3.44. The van der Waals surface area contributed by atoms with E-state index in [4.69, 9.17) is 6.42 Å². The third-order valence-electron chi connectivity index (χ3n) is 6.96. The second-order valence-corrected chi connectivity index (χ2v) is 10.6. The van der Waals surface area contributed by atoms with E-state index in [0.717, 1.165) is 45.1 Å². The summed E-state index contributed by atoms with van der Waals surface area (Å²) in [7, 11) is 1.60. The summed E-state index contributed by atoms with van der Waals surface area (Å²) in [5.74, 6) is 2.45. The fraction of sp³-hybridized carbons (Fsp3) is 0.727. The maximum absolute atomic E-state index is 13.0. The van der Waals surface area contributed by atoms with E-state index in [1.54, 1.807) is 13.1 Å². The van der Waals surface area contributed by atoms with Crippen LogP contribution >= 0.6 is 0 Å². The number of urea groups is 1. The molecule has 1 aliphatic carbocycles. The van der Waals surface area contributed by atoms with Gasteiger partial charge >= 0.3 is 6.03 Å². The molecule has 1 heterocycles. The van der Waals surface area contributed by atoms with Gasteiger partial charge in [0.15, 0.2) is 5.78 Å². The molecule has 5 amide bonds. The highest BCUT2D eigenvalue weighted by Gasteiger charge is 2.44. The van der Waals surface area contributed by atoms with Crippen LogP contribution in [0.4, 0.5) is 4.79 Å². The molecule has 0 bridgehead atoms. The van der Waals surface area contributed by atoms with Crippen LogP contribution in [-0.2, 0) is 19.2 Å². The van der Waals surface area contributed by atoms with Gasteiger partial charge in [-0.05, 0) is 51.4 Å². The maximum atomic E-state index is 13.0. The summed E-state index contributed by atoms with van der Waals surface area (Å²) in [6, 6.07) is -0.785. The topological polar surface area (TPSA) is 137 Å². The Balaban J connectivity index is -0.000000609. The van der Waals surface area contributed by atoms with Crippen LogP contribution in [0, 0.1) is 17.8 Å². The van der Waals surface area contributed by atoms with Gasteiger partial charge in [0.2, 0.25) is 18.7 Å². The van der Waals surface area contributed by atoms with E-state index in [2.05, 4.69) is 61.5 Å². The number of carbonyl (C=O) groups excluding carboxylic acids is 5. The van der Waals surface area contributed by atoms with Crippen molar-refractivity contribution in [2.75, 3.05) is 20.1 Å². The summed E-state index contributed by atoms with van der Waals surface area (Å²) in [4.78, 5) is 56.9. The Morgan fingerprint density at radius 3 is 2.05 bits per heavy atom. The number of rotatable bonds is 11. The molecule has 43 heavy (non-hydrogen) atoms. The number of hydrogen-bond acceptors (Lipinski definition) is 5. The van der Waals surface area contributed by atoms with Gasteiger partial charge in [0, 0.05) is 32.6 Å². The largest absolute Gasteiger partial charge is 0.355 e. The number of amides is 5. The van der Waals surface area contributed by atoms with E-state index in [1.165, 1.54) is 19.8 Å². The molecule has 1 saturated heterocycles. The van der Waals surface area contributed by atoms with Crippen LogP contribution in [0.2, 0.25) is 0 Å². The second-order valence-electron chi connectivity index (χ2n) is 10.6. The minimum atomic E-state index is -0.413. The van der Waals surface area contributed by atoms with E-state index in [0.29, 0.717) is 38.2 Å². The van der Waals surface area contributed by atoms with Crippen molar-refractivity contribution in [1.82, 2.24) is 26.2 Å². The zero-order valence-corrected chi connectivity index (χ0v) is 28.2. The summed E-state index contributed by atoms with van der Waals surface area (Å²) in [6.45, 7) is 18.7. The molecular weight excluding hydrogens is 546 g/mol. The Morgan fingerprint density at radius 2 is 1.67 bits per heavy atom. The predicted octanol–water partition coefficient (Wildman–Crippen LogP) is 4.73. The quantitative estimate of drug-likeness (QED) is 0.117. The van der Waals surface area contributed by atoms with Crippen molar-refractivity contribution in [3.05, 3.63) is 12.7 Å². The molecule has 10 nitrogen and oxygen atoms in total. The lowest BCUT2D eigenvalue weighted by Crippen LogP contribution is -2.58. The first-order valence-electron chi connectivity index (χ1n) is 15.7. The lowest BCUT2D eigenvalue weighted by Gasteiger charge is -2.42. The molecule has 0 spiro atoms. The highest BCUT2D eigenvalue weighted by molar-refractivity contribution is 5.88. The van der Waals surface area contributed by atoms with Crippen LogP contribution in [0.15, 0.2) is 12.7 Å². The molecule has 2 fully saturated rings. The fourth-order valence-corrected chi connectivity index (χ4v) is 4.66. The van der Waals surface area contributed by atoms with Crippen LogP contribution in [-0.4, -0.2) is 73.7 Å². The number of likely N-dealkylation sites (tertiary alicyclic amines) is 1. The van der Waals surface area contributed by atoms with Crippen LogP contribution in [0.3, 0.4) is 0 Å². The van der Waals surface area contributed by atoms with Crippen molar-refractivity contribution in [3.8, 4) is 12.3 Å². The van der Waals surface area contributed by atoms with Gasteiger partial charge in [-0.15, -0.1) is 18.9 Å². The lowest BCUT2D eigenvalue weighted by atomic mass is 9.70. The smallest absolute Gasteiger partial charge is 0.315 e. The van der Waals surface area contributed by atoms with Crippen LogP contribution in [0.25, 0.3) is 0 Å². The van der Waals surface area contributed by atoms with Crippen molar-refractivity contribution >= 4 is 30.5 Å². The van der Waals surface area contributed by atoms with Gasteiger partial charge in [-0.3, -0.25) is 19.2 Å². The predicted molar refractivity (Wildman–Crippen MR) is 176 cm³/mol. The molecule has 248 valence electrons. The van der Waals surface area contributed by atoms with E-state index >= 15 is 0 Å². The summed E-state index contributed by atoms with van der Waals surface area (Å²) < 4.78 is 0.